The van der Waals surface area contributed by atoms with Gasteiger partial charge in [0.1, 0.15) is 0 Å². The minimum absolute atomic E-state index is 0.350. The van der Waals surface area contributed by atoms with E-state index < -0.39 is 0 Å². The zero-order valence-corrected chi connectivity index (χ0v) is 5.83. The maximum atomic E-state index is 11.0. The van der Waals surface area contributed by atoms with Gasteiger partial charge in [-0.1, -0.05) is 22.6 Å². The highest BCUT2D eigenvalue weighted by Crippen LogP contribution is 2.09. The van der Waals surface area contributed by atoms with Crippen LogP contribution in [0.25, 0.3) is 0 Å². The third-order valence-electron chi connectivity index (χ3n) is 0.189. The van der Waals surface area contributed by atoms with Gasteiger partial charge in [-0.25, -0.2) is 4.20 Å². The summed E-state index contributed by atoms with van der Waals surface area (Å²) < 4.78 is 12.0. The van der Waals surface area contributed by atoms with Gasteiger partial charge in [0.2, 0.25) is 0 Å². The third kappa shape index (κ3) is 5.09. The van der Waals surface area contributed by atoms with Crippen LogP contribution in [0.1, 0.15) is 0 Å². The van der Waals surface area contributed by atoms with E-state index in [0.29, 0.717) is 0 Å². The molecule has 0 radical (unpaired) electrons. The number of rotatable bonds is 2. The molecule has 0 spiro atoms. The largest absolute Gasteiger partial charge is 0.231 e. The molecule has 0 aliphatic rings. The minimum Gasteiger partial charge on any atom is -0.231 e. The molecule has 0 aromatic carbocycles. The molecule has 5 heavy (non-hydrogen) atoms. The normalized spacial score (nSPS) is 10.8. The summed E-state index contributed by atoms with van der Waals surface area (Å²) in [5, 5.41) is 0. The molecular formula is C2H5FIP. The zero-order chi connectivity index (χ0) is 4.12. The Morgan fingerprint density at radius 3 is 2.40 bits per heavy atom. The van der Waals surface area contributed by atoms with Gasteiger partial charge in [-0.05, 0) is 0 Å². The quantitative estimate of drug-likeness (QED) is 0.368. The summed E-state index contributed by atoms with van der Waals surface area (Å²) in [7, 11) is -0.350. The fourth-order valence-electron chi connectivity index (χ4n) is 0.0357. The van der Waals surface area contributed by atoms with Crippen LogP contribution < -0.4 is 0 Å². The lowest BCUT2D eigenvalue weighted by Crippen LogP contribution is -1.65. The van der Waals surface area contributed by atoms with E-state index >= 15 is 0 Å². The van der Waals surface area contributed by atoms with Crippen LogP contribution in [-0.2, 0) is 0 Å². The number of halogens is 2. The molecule has 1 unspecified atom stereocenters. The minimum atomic E-state index is -0.350. The van der Waals surface area contributed by atoms with E-state index in [0.717, 1.165) is 10.6 Å². The third-order valence-corrected chi connectivity index (χ3v) is 2.19. The number of hydrogen-bond donors (Lipinski definition) is 0. The van der Waals surface area contributed by atoms with Crippen molar-refractivity contribution < 1.29 is 4.20 Å². The van der Waals surface area contributed by atoms with Gasteiger partial charge in [0, 0.05) is 10.6 Å². The van der Waals surface area contributed by atoms with Crippen LogP contribution >= 0.6 is 31.5 Å². The molecule has 0 bridgehead atoms. The van der Waals surface area contributed by atoms with Crippen molar-refractivity contribution in [1.82, 2.24) is 0 Å². The first-order valence-corrected chi connectivity index (χ1v) is 3.92. The van der Waals surface area contributed by atoms with Crippen LogP contribution in [0.3, 0.4) is 0 Å². The van der Waals surface area contributed by atoms with E-state index in [1.165, 1.54) is 0 Å². The SMILES string of the molecule is FPCCI. The Balaban J connectivity index is 2.19. The van der Waals surface area contributed by atoms with Crippen molar-refractivity contribution in [1.29, 1.82) is 0 Å². The van der Waals surface area contributed by atoms with Crippen LogP contribution in [0, 0.1) is 0 Å². The molecule has 0 nitrogen and oxygen atoms in total. The average molecular weight is 206 g/mol. The predicted octanol–water partition coefficient (Wildman–Crippen LogP) is 1.98. The second-order valence-corrected chi connectivity index (χ2v) is 2.42. The van der Waals surface area contributed by atoms with Crippen LogP contribution in [0.4, 0.5) is 4.20 Å². The molecule has 0 aliphatic heterocycles. The second kappa shape index (κ2) is 5.09. The lowest BCUT2D eigenvalue weighted by atomic mass is 11.0. The highest BCUT2D eigenvalue weighted by molar-refractivity contribution is 14.1. The molecule has 0 rings (SSSR count). The van der Waals surface area contributed by atoms with Crippen molar-refractivity contribution in [2.75, 3.05) is 10.6 Å². The first-order chi connectivity index (χ1) is 2.41. The van der Waals surface area contributed by atoms with Crippen molar-refractivity contribution in [3.8, 4) is 0 Å². The van der Waals surface area contributed by atoms with Crippen molar-refractivity contribution in [2.45, 2.75) is 0 Å². The van der Waals surface area contributed by atoms with Crippen LogP contribution in [-0.4, -0.2) is 10.6 Å². The van der Waals surface area contributed by atoms with E-state index in [2.05, 4.69) is 22.6 Å². The highest BCUT2D eigenvalue weighted by atomic mass is 127. The maximum absolute atomic E-state index is 11.0. The number of hydrogen-bond acceptors (Lipinski definition) is 0. The first kappa shape index (κ1) is 6.09. The molecule has 0 aromatic rings. The van der Waals surface area contributed by atoms with Crippen molar-refractivity contribution in [2.24, 2.45) is 0 Å². The Morgan fingerprint density at radius 1 is 1.80 bits per heavy atom. The standard InChI is InChI=1S/C2H5FIP/c3-5-2-1-4/h5H,1-2H2. The van der Waals surface area contributed by atoms with Gasteiger partial charge < -0.3 is 0 Å². The number of alkyl halides is 1. The fourth-order valence-corrected chi connectivity index (χ4v) is 0.719. The smallest absolute Gasteiger partial charge is 0.0678 e. The lowest BCUT2D eigenvalue weighted by Gasteiger charge is -1.74. The van der Waals surface area contributed by atoms with Gasteiger partial charge in [0.05, 0.1) is 8.89 Å². The van der Waals surface area contributed by atoms with Crippen LogP contribution in [0.15, 0.2) is 0 Å². The summed E-state index contributed by atoms with van der Waals surface area (Å²) in [5.74, 6) is 0. The van der Waals surface area contributed by atoms with E-state index in [1.54, 1.807) is 0 Å². The van der Waals surface area contributed by atoms with Crippen molar-refractivity contribution in [3.63, 3.8) is 0 Å². The topological polar surface area (TPSA) is 0 Å². The van der Waals surface area contributed by atoms with Gasteiger partial charge in [0.15, 0.2) is 0 Å². The van der Waals surface area contributed by atoms with Gasteiger partial charge in [-0.2, -0.15) is 0 Å². The van der Waals surface area contributed by atoms with E-state index in [9.17, 15) is 4.20 Å². The molecule has 0 aliphatic carbocycles. The molecular weight excluding hydrogens is 201 g/mol. The van der Waals surface area contributed by atoms with Crippen molar-refractivity contribution >= 4 is 31.5 Å². The molecule has 0 saturated heterocycles. The molecule has 0 saturated carbocycles. The molecule has 0 N–H and O–H groups in total. The van der Waals surface area contributed by atoms with Gasteiger partial charge in [-0.3, -0.25) is 0 Å². The lowest BCUT2D eigenvalue weighted by molar-refractivity contribution is 0.916. The van der Waals surface area contributed by atoms with Crippen LogP contribution in [0.5, 0.6) is 0 Å². The fraction of sp³-hybridized carbons (Fsp3) is 1.00. The zero-order valence-electron chi connectivity index (χ0n) is 2.67. The Morgan fingerprint density at radius 2 is 2.40 bits per heavy atom. The molecule has 3 heteroatoms. The highest BCUT2D eigenvalue weighted by Gasteiger charge is 1.73. The van der Waals surface area contributed by atoms with Gasteiger partial charge in [-0.15, -0.1) is 0 Å². The maximum Gasteiger partial charge on any atom is 0.0678 e. The van der Waals surface area contributed by atoms with E-state index in [-0.39, 0.29) is 8.89 Å². The molecule has 0 aromatic heterocycles. The van der Waals surface area contributed by atoms with Crippen LogP contribution in [0.2, 0.25) is 0 Å². The molecule has 1 atom stereocenters. The molecule has 32 valence electrons. The average Bonchev–Trinajstić information content (AvgIpc) is 1.41. The molecule has 0 heterocycles. The summed E-state index contributed by atoms with van der Waals surface area (Å²) in [4.78, 5) is 0. The summed E-state index contributed by atoms with van der Waals surface area (Å²) in [6.07, 6.45) is 0.737. The van der Waals surface area contributed by atoms with Gasteiger partial charge in [0.25, 0.3) is 0 Å². The Bertz CT molecular complexity index is 17.1. The summed E-state index contributed by atoms with van der Waals surface area (Å²) in [5.41, 5.74) is 0. The molecule has 0 amide bonds. The van der Waals surface area contributed by atoms with E-state index in [4.69, 9.17) is 0 Å². The monoisotopic (exact) mass is 206 g/mol. The molecule has 0 fully saturated rings. The Hall–Kier alpha value is 1.09. The summed E-state index contributed by atoms with van der Waals surface area (Å²) in [6, 6.07) is 0. The summed E-state index contributed by atoms with van der Waals surface area (Å²) >= 11 is 2.15. The van der Waals surface area contributed by atoms with Gasteiger partial charge >= 0.3 is 0 Å². The van der Waals surface area contributed by atoms with Crippen molar-refractivity contribution in [3.05, 3.63) is 0 Å². The van der Waals surface area contributed by atoms with E-state index in [1.807, 2.05) is 0 Å². The predicted molar refractivity (Wildman–Crippen MR) is 33.2 cm³/mol. The first-order valence-electron chi connectivity index (χ1n) is 1.31. The second-order valence-electron chi connectivity index (χ2n) is 0.573. The summed E-state index contributed by atoms with van der Waals surface area (Å²) in [6.45, 7) is 0. The Labute approximate surface area is 46.6 Å². The Kier molecular flexibility index (Phi) is 6.20.